The van der Waals surface area contributed by atoms with E-state index in [1.54, 1.807) is 16.8 Å². The van der Waals surface area contributed by atoms with Crippen LogP contribution in [0.1, 0.15) is 29.8 Å². The summed E-state index contributed by atoms with van der Waals surface area (Å²) in [5.41, 5.74) is 4.31. The van der Waals surface area contributed by atoms with Gasteiger partial charge in [0, 0.05) is 20.0 Å². The maximum Gasteiger partial charge on any atom is 0.242 e. The van der Waals surface area contributed by atoms with Gasteiger partial charge in [-0.3, -0.25) is 9.59 Å². The van der Waals surface area contributed by atoms with Crippen molar-refractivity contribution in [1.82, 2.24) is 19.8 Å². The molecule has 1 aromatic heterocycles. The Morgan fingerprint density at radius 1 is 1.35 bits per heavy atom. The molecule has 2 amide bonds. The van der Waals surface area contributed by atoms with E-state index in [1.165, 1.54) is 11.1 Å². The van der Waals surface area contributed by atoms with Crippen LogP contribution in [0.15, 0.2) is 12.1 Å². The molecule has 0 aliphatic carbocycles. The number of hydrogen-bond acceptors (Lipinski definition) is 3. The fourth-order valence-corrected chi connectivity index (χ4v) is 2.87. The van der Waals surface area contributed by atoms with E-state index in [4.69, 9.17) is 0 Å². The third-order valence-corrected chi connectivity index (χ3v) is 4.46. The van der Waals surface area contributed by atoms with Crippen LogP contribution >= 0.6 is 0 Å². The quantitative estimate of drug-likeness (QED) is 0.935. The van der Waals surface area contributed by atoms with E-state index in [-0.39, 0.29) is 18.4 Å². The molecule has 1 aromatic carbocycles. The van der Waals surface area contributed by atoms with Crippen molar-refractivity contribution >= 4 is 22.8 Å². The molecule has 0 unspecified atom stereocenters. The topological polar surface area (TPSA) is 69.3 Å². The Morgan fingerprint density at radius 3 is 2.78 bits per heavy atom. The average Bonchev–Trinajstić information content (AvgIpc) is 3.06. The summed E-state index contributed by atoms with van der Waals surface area (Å²) in [6.45, 7) is 5.38. The standard InChI is InChI=1S/C17H22N4O2/c1-11-7-13-14(8-12(11)2)19-15(18-13)9-20(3)17(23)10-21-6-4-5-16(21)22/h7-8H,4-6,9-10H2,1-3H3,(H,18,19). The lowest BCUT2D eigenvalue weighted by molar-refractivity contribution is -0.137. The van der Waals surface area contributed by atoms with Gasteiger partial charge in [0.15, 0.2) is 0 Å². The molecular weight excluding hydrogens is 292 g/mol. The van der Waals surface area contributed by atoms with E-state index in [0.29, 0.717) is 19.5 Å². The first-order valence-electron chi connectivity index (χ1n) is 7.91. The average molecular weight is 314 g/mol. The molecule has 6 nitrogen and oxygen atoms in total. The zero-order valence-electron chi connectivity index (χ0n) is 13.8. The number of rotatable bonds is 4. The highest BCUT2D eigenvalue weighted by molar-refractivity contribution is 5.85. The van der Waals surface area contributed by atoms with E-state index in [9.17, 15) is 9.59 Å². The molecule has 2 heterocycles. The highest BCUT2D eigenvalue weighted by Crippen LogP contribution is 2.18. The van der Waals surface area contributed by atoms with Crippen LogP contribution in [0.25, 0.3) is 11.0 Å². The van der Waals surface area contributed by atoms with Crippen LogP contribution in [0.2, 0.25) is 0 Å². The minimum atomic E-state index is -0.0620. The molecule has 0 spiro atoms. The molecule has 1 aliphatic rings. The van der Waals surface area contributed by atoms with Crippen LogP contribution < -0.4 is 0 Å². The number of aromatic nitrogens is 2. The molecule has 6 heteroatoms. The lowest BCUT2D eigenvalue weighted by atomic mass is 10.1. The number of aryl methyl sites for hydroxylation is 2. The molecule has 0 bridgehead atoms. The SMILES string of the molecule is Cc1cc2nc(CN(C)C(=O)CN3CCCC3=O)[nH]c2cc1C. The number of nitrogens with zero attached hydrogens (tertiary/aromatic N) is 3. The summed E-state index contributed by atoms with van der Waals surface area (Å²) in [4.78, 5) is 34.9. The molecule has 0 saturated carbocycles. The molecule has 2 aromatic rings. The summed E-state index contributed by atoms with van der Waals surface area (Å²) in [6, 6.07) is 4.13. The van der Waals surface area contributed by atoms with E-state index in [2.05, 4.69) is 35.9 Å². The number of aromatic amines is 1. The van der Waals surface area contributed by atoms with E-state index in [1.807, 2.05) is 0 Å². The zero-order chi connectivity index (χ0) is 16.6. The van der Waals surface area contributed by atoms with Gasteiger partial charge in [0.05, 0.1) is 24.1 Å². The van der Waals surface area contributed by atoms with Gasteiger partial charge in [0.1, 0.15) is 5.82 Å². The first-order chi connectivity index (χ1) is 10.9. The Bertz CT molecular complexity index is 726. The highest BCUT2D eigenvalue weighted by atomic mass is 16.2. The number of carbonyl (C=O) groups is 2. The summed E-state index contributed by atoms with van der Waals surface area (Å²) >= 11 is 0. The van der Waals surface area contributed by atoms with Gasteiger partial charge in [-0.1, -0.05) is 0 Å². The predicted molar refractivity (Wildman–Crippen MR) is 87.9 cm³/mol. The third-order valence-electron chi connectivity index (χ3n) is 4.46. The third kappa shape index (κ3) is 3.21. The van der Waals surface area contributed by atoms with E-state index >= 15 is 0 Å². The molecule has 0 atom stereocenters. The van der Waals surface area contributed by atoms with Gasteiger partial charge in [-0.15, -0.1) is 0 Å². The maximum absolute atomic E-state index is 12.3. The number of amides is 2. The summed E-state index contributed by atoms with van der Waals surface area (Å²) in [6.07, 6.45) is 1.40. The Labute approximate surface area is 135 Å². The number of likely N-dealkylation sites (tertiary alicyclic amines) is 1. The summed E-state index contributed by atoms with van der Waals surface area (Å²) in [5.74, 6) is 0.767. The molecular formula is C17H22N4O2. The monoisotopic (exact) mass is 314 g/mol. The number of likely N-dealkylation sites (N-methyl/N-ethyl adjacent to an activating group) is 1. The largest absolute Gasteiger partial charge is 0.340 e. The van der Waals surface area contributed by atoms with Crippen LogP contribution in [0.3, 0.4) is 0 Å². The van der Waals surface area contributed by atoms with E-state index < -0.39 is 0 Å². The van der Waals surface area contributed by atoms with Crippen molar-refractivity contribution in [2.75, 3.05) is 20.1 Å². The fourth-order valence-electron chi connectivity index (χ4n) is 2.87. The van der Waals surface area contributed by atoms with Crippen molar-refractivity contribution in [2.24, 2.45) is 0 Å². The Hall–Kier alpha value is -2.37. The Balaban J connectivity index is 1.68. The van der Waals surface area contributed by atoms with Gasteiger partial charge in [-0.05, 0) is 43.5 Å². The molecule has 1 fully saturated rings. The minimum absolute atomic E-state index is 0.0620. The van der Waals surface area contributed by atoms with Crippen molar-refractivity contribution in [3.05, 3.63) is 29.1 Å². The molecule has 1 N–H and O–H groups in total. The lowest BCUT2D eigenvalue weighted by Crippen LogP contribution is -2.38. The van der Waals surface area contributed by atoms with Crippen molar-refractivity contribution in [3.8, 4) is 0 Å². The number of imidazole rings is 1. The molecule has 122 valence electrons. The second kappa shape index (κ2) is 6.02. The van der Waals surface area contributed by atoms with Crippen LogP contribution in [0, 0.1) is 13.8 Å². The Kier molecular flexibility index (Phi) is 4.07. The first kappa shape index (κ1) is 15.5. The summed E-state index contributed by atoms with van der Waals surface area (Å²) < 4.78 is 0. The van der Waals surface area contributed by atoms with Crippen LogP contribution in [-0.4, -0.2) is 51.7 Å². The molecule has 1 aliphatic heterocycles. The second-order valence-electron chi connectivity index (χ2n) is 6.31. The number of nitrogens with one attached hydrogen (secondary N) is 1. The van der Waals surface area contributed by atoms with Crippen LogP contribution in [-0.2, 0) is 16.1 Å². The first-order valence-corrected chi connectivity index (χ1v) is 7.91. The molecule has 1 saturated heterocycles. The highest BCUT2D eigenvalue weighted by Gasteiger charge is 2.24. The summed E-state index contributed by atoms with van der Waals surface area (Å²) in [5, 5.41) is 0. The maximum atomic E-state index is 12.3. The smallest absolute Gasteiger partial charge is 0.242 e. The molecule has 0 radical (unpaired) electrons. The van der Waals surface area contributed by atoms with Crippen molar-refractivity contribution < 1.29 is 9.59 Å². The van der Waals surface area contributed by atoms with Crippen molar-refractivity contribution in [3.63, 3.8) is 0 Å². The predicted octanol–water partition coefficient (Wildman–Crippen LogP) is 1.76. The van der Waals surface area contributed by atoms with E-state index in [0.717, 1.165) is 23.3 Å². The molecule has 23 heavy (non-hydrogen) atoms. The van der Waals surface area contributed by atoms with Crippen molar-refractivity contribution in [2.45, 2.75) is 33.2 Å². The van der Waals surface area contributed by atoms with Crippen LogP contribution in [0.4, 0.5) is 0 Å². The van der Waals surface area contributed by atoms with Gasteiger partial charge in [0.25, 0.3) is 0 Å². The second-order valence-corrected chi connectivity index (χ2v) is 6.31. The normalized spacial score (nSPS) is 14.7. The van der Waals surface area contributed by atoms with Gasteiger partial charge < -0.3 is 14.8 Å². The lowest BCUT2D eigenvalue weighted by Gasteiger charge is -2.20. The number of hydrogen-bond donors (Lipinski definition) is 1. The fraction of sp³-hybridized carbons (Fsp3) is 0.471. The number of carbonyl (C=O) groups excluding carboxylic acids is 2. The van der Waals surface area contributed by atoms with Gasteiger partial charge >= 0.3 is 0 Å². The van der Waals surface area contributed by atoms with Crippen LogP contribution in [0.5, 0.6) is 0 Å². The summed E-state index contributed by atoms with van der Waals surface area (Å²) in [7, 11) is 1.74. The number of H-pyrrole nitrogens is 1. The molecule has 3 rings (SSSR count). The van der Waals surface area contributed by atoms with Gasteiger partial charge in [0.2, 0.25) is 11.8 Å². The van der Waals surface area contributed by atoms with Gasteiger partial charge in [-0.25, -0.2) is 4.98 Å². The zero-order valence-corrected chi connectivity index (χ0v) is 13.8. The minimum Gasteiger partial charge on any atom is -0.340 e. The Morgan fingerprint density at radius 2 is 2.09 bits per heavy atom. The number of benzene rings is 1. The van der Waals surface area contributed by atoms with Crippen molar-refractivity contribution in [1.29, 1.82) is 0 Å². The van der Waals surface area contributed by atoms with Gasteiger partial charge in [-0.2, -0.15) is 0 Å². The number of fused-ring (bicyclic) bond motifs is 1.